The third-order valence-corrected chi connectivity index (χ3v) is 4.88. The molecule has 3 rings (SSSR count). The molecule has 0 radical (unpaired) electrons. The minimum Gasteiger partial charge on any atom is -0.487 e. The molecule has 0 spiro atoms. The van der Waals surface area contributed by atoms with Crippen LogP contribution in [0.4, 0.5) is 0 Å². The van der Waals surface area contributed by atoms with Gasteiger partial charge in [0.05, 0.1) is 5.69 Å². The minimum atomic E-state index is 0.310. The second kappa shape index (κ2) is 6.75. The fraction of sp³-hybridized carbons (Fsp3) is 0.706. The lowest BCUT2D eigenvalue weighted by molar-refractivity contribution is 0.119. The molecule has 1 aliphatic carbocycles. The van der Waals surface area contributed by atoms with Gasteiger partial charge in [0, 0.05) is 18.2 Å². The van der Waals surface area contributed by atoms with Gasteiger partial charge in [0.25, 0.3) is 0 Å². The third kappa shape index (κ3) is 3.38. The second-order valence-electron chi connectivity index (χ2n) is 6.53. The van der Waals surface area contributed by atoms with Crippen molar-refractivity contribution in [3.63, 3.8) is 0 Å². The van der Waals surface area contributed by atoms with Gasteiger partial charge in [0.2, 0.25) is 0 Å². The lowest BCUT2D eigenvalue weighted by atomic mass is 9.93. The average Bonchev–Trinajstić information content (AvgIpc) is 2.97. The highest BCUT2D eigenvalue weighted by molar-refractivity contribution is 5.31. The Hall–Kier alpha value is -1.13. The molecule has 0 bridgehead atoms. The largest absolute Gasteiger partial charge is 0.487 e. The van der Waals surface area contributed by atoms with Crippen LogP contribution in [0.15, 0.2) is 18.3 Å². The molecule has 1 aromatic rings. The Morgan fingerprint density at radius 3 is 2.76 bits per heavy atom. The summed E-state index contributed by atoms with van der Waals surface area (Å²) >= 11 is 0. The summed E-state index contributed by atoms with van der Waals surface area (Å²) in [4.78, 5) is 6.95. The molecule has 1 N–H and O–H groups in total. The Kier molecular flexibility index (Phi) is 4.76. The van der Waals surface area contributed by atoms with Crippen LogP contribution in [-0.4, -0.2) is 49.2 Å². The van der Waals surface area contributed by atoms with E-state index in [1.165, 1.54) is 18.5 Å². The number of nitrogens with zero attached hydrogens (tertiary/aromatic N) is 2. The summed E-state index contributed by atoms with van der Waals surface area (Å²) in [6.07, 6.45) is 8.19. The Morgan fingerprint density at radius 1 is 1.19 bits per heavy atom. The zero-order valence-electron chi connectivity index (χ0n) is 13.2. The van der Waals surface area contributed by atoms with E-state index in [-0.39, 0.29) is 0 Å². The highest BCUT2D eigenvalue weighted by atomic mass is 16.5. The Morgan fingerprint density at radius 2 is 2.00 bits per heavy atom. The van der Waals surface area contributed by atoms with Crippen molar-refractivity contribution in [2.24, 2.45) is 0 Å². The number of pyridine rings is 1. The number of nitrogens with one attached hydrogen (secondary N) is 1. The number of piperidine rings is 1. The van der Waals surface area contributed by atoms with E-state index in [1.54, 1.807) is 0 Å². The molecule has 4 nitrogen and oxygen atoms in total. The molecule has 0 unspecified atom stereocenters. The molecule has 116 valence electrons. The van der Waals surface area contributed by atoms with Crippen molar-refractivity contribution >= 4 is 0 Å². The van der Waals surface area contributed by atoms with Gasteiger partial charge in [-0.3, -0.25) is 4.98 Å². The van der Waals surface area contributed by atoms with Crippen molar-refractivity contribution in [3.05, 3.63) is 24.0 Å². The number of likely N-dealkylation sites (N-methyl/N-ethyl adjacent to an activating group) is 1. The quantitative estimate of drug-likeness (QED) is 0.923. The molecule has 0 amide bonds. The fourth-order valence-corrected chi connectivity index (χ4v) is 3.70. The molecular weight excluding hydrogens is 262 g/mol. The van der Waals surface area contributed by atoms with Crippen LogP contribution >= 0.6 is 0 Å². The first-order chi connectivity index (χ1) is 10.3. The summed E-state index contributed by atoms with van der Waals surface area (Å²) in [6, 6.07) is 4.64. The van der Waals surface area contributed by atoms with Gasteiger partial charge >= 0.3 is 0 Å². The zero-order chi connectivity index (χ0) is 14.7. The van der Waals surface area contributed by atoms with Crippen molar-refractivity contribution in [3.8, 4) is 5.75 Å². The molecular formula is C17H27N3O. The predicted octanol–water partition coefficient (Wildman–Crippen LogP) is 2.41. The Labute approximate surface area is 127 Å². The Bertz CT molecular complexity index is 457. The van der Waals surface area contributed by atoms with Gasteiger partial charge in [-0.1, -0.05) is 0 Å². The van der Waals surface area contributed by atoms with E-state index in [9.17, 15) is 0 Å². The molecule has 0 aromatic carbocycles. The minimum absolute atomic E-state index is 0.310. The molecule has 1 saturated heterocycles. The molecule has 21 heavy (non-hydrogen) atoms. The summed E-state index contributed by atoms with van der Waals surface area (Å²) < 4.78 is 6.41. The predicted molar refractivity (Wildman–Crippen MR) is 84.8 cm³/mol. The van der Waals surface area contributed by atoms with Crippen LogP contribution in [0.25, 0.3) is 0 Å². The van der Waals surface area contributed by atoms with Crippen LogP contribution in [0.3, 0.4) is 0 Å². The molecule has 2 atom stereocenters. The van der Waals surface area contributed by atoms with E-state index in [2.05, 4.69) is 35.4 Å². The fourth-order valence-electron chi connectivity index (χ4n) is 3.70. The van der Waals surface area contributed by atoms with Gasteiger partial charge in [0.15, 0.2) is 0 Å². The summed E-state index contributed by atoms with van der Waals surface area (Å²) in [5.41, 5.74) is 1.17. The van der Waals surface area contributed by atoms with Gasteiger partial charge in [-0.2, -0.15) is 0 Å². The lowest BCUT2D eigenvalue weighted by Crippen LogP contribution is -2.38. The van der Waals surface area contributed by atoms with Crippen LogP contribution in [0, 0.1) is 0 Å². The van der Waals surface area contributed by atoms with E-state index in [0.717, 1.165) is 38.1 Å². The van der Waals surface area contributed by atoms with Crippen LogP contribution in [-0.2, 0) is 0 Å². The topological polar surface area (TPSA) is 37.4 Å². The monoisotopic (exact) mass is 289 g/mol. The average molecular weight is 289 g/mol. The Balaban J connectivity index is 1.75. The van der Waals surface area contributed by atoms with Gasteiger partial charge in [0.1, 0.15) is 11.9 Å². The highest BCUT2D eigenvalue weighted by Crippen LogP contribution is 2.34. The van der Waals surface area contributed by atoms with E-state index >= 15 is 0 Å². The number of aromatic nitrogens is 1. The number of rotatable bonds is 4. The van der Waals surface area contributed by atoms with Crippen molar-refractivity contribution in [1.82, 2.24) is 15.2 Å². The van der Waals surface area contributed by atoms with Crippen molar-refractivity contribution in [1.29, 1.82) is 0 Å². The maximum Gasteiger partial charge on any atom is 0.141 e. The maximum absolute atomic E-state index is 6.41. The number of hydrogen-bond acceptors (Lipinski definition) is 4. The molecule has 2 heterocycles. The highest BCUT2D eigenvalue weighted by Gasteiger charge is 2.31. The van der Waals surface area contributed by atoms with Gasteiger partial charge < -0.3 is 15.0 Å². The van der Waals surface area contributed by atoms with Crippen LogP contribution in [0.2, 0.25) is 0 Å². The molecule has 2 aliphatic rings. The molecule has 1 saturated carbocycles. The van der Waals surface area contributed by atoms with Crippen LogP contribution in [0.1, 0.15) is 43.7 Å². The first-order valence-corrected chi connectivity index (χ1v) is 8.24. The molecule has 1 aliphatic heterocycles. The van der Waals surface area contributed by atoms with Crippen LogP contribution < -0.4 is 10.1 Å². The lowest BCUT2D eigenvalue weighted by Gasteiger charge is -2.29. The summed E-state index contributed by atoms with van der Waals surface area (Å²) in [6.45, 7) is 2.18. The van der Waals surface area contributed by atoms with Crippen LogP contribution in [0.5, 0.6) is 5.75 Å². The normalized spacial score (nSPS) is 27.2. The molecule has 4 heteroatoms. The first-order valence-electron chi connectivity index (χ1n) is 8.24. The number of ether oxygens (including phenoxy) is 1. The summed E-state index contributed by atoms with van der Waals surface area (Å²) in [5, 5.41) is 3.42. The standard InChI is InChI=1S/C17H27N3O/c1-20(2)14-5-3-6-15(14)21-16-7-4-10-19-17(16)13-8-11-18-12-9-13/h4,7,10,13-15,18H,3,5-6,8-9,11-12H2,1-2H3/t14-,15+/m1/s1. The molecule has 2 fully saturated rings. The van der Waals surface area contributed by atoms with Gasteiger partial charge in [-0.15, -0.1) is 0 Å². The third-order valence-electron chi connectivity index (χ3n) is 4.88. The van der Waals surface area contributed by atoms with E-state index in [0.29, 0.717) is 18.1 Å². The maximum atomic E-state index is 6.41. The number of hydrogen-bond donors (Lipinski definition) is 1. The second-order valence-corrected chi connectivity index (χ2v) is 6.53. The van der Waals surface area contributed by atoms with E-state index in [1.807, 2.05) is 12.3 Å². The van der Waals surface area contributed by atoms with Crippen molar-refractivity contribution < 1.29 is 4.74 Å². The van der Waals surface area contributed by atoms with Gasteiger partial charge in [-0.05, 0) is 71.4 Å². The zero-order valence-corrected chi connectivity index (χ0v) is 13.2. The van der Waals surface area contributed by atoms with Gasteiger partial charge in [-0.25, -0.2) is 0 Å². The van der Waals surface area contributed by atoms with Crippen molar-refractivity contribution in [2.75, 3.05) is 27.2 Å². The first kappa shape index (κ1) is 14.8. The molecule has 1 aromatic heterocycles. The van der Waals surface area contributed by atoms with E-state index in [4.69, 9.17) is 4.74 Å². The SMILES string of the molecule is CN(C)[C@@H]1CCC[C@@H]1Oc1cccnc1C1CCNCC1. The van der Waals surface area contributed by atoms with Crippen molar-refractivity contribution in [2.45, 2.75) is 50.2 Å². The van der Waals surface area contributed by atoms with E-state index < -0.39 is 0 Å². The smallest absolute Gasteiger partial charge is 0.141 e. The summed E-state index contributed by atoms with van der Waals surface area (Å²) in [5.74, 6) is 1.56. The summed E-state index contributed by atoms with van der Waals surface area (Å²) in [7, 11) is 4.31.